The van der Waals surface area contributed by atoms with E-state index in [0.29, 0.717) is 31.1 Å². The predicted octanol–water partition coefficient (Wildman–Crippen LogP) is 4.49. The zero-order valence-electron chi connectivity index (χ0n) is 16.3. The van der Waals surface area contributed by atoms with Crippen LogP contribution in [0.4, 0.5) is 0 Å². The molecule has 6 heteroatoms. The van der Waals surface area contributed by atoms with Crippen molar-refractivity contribution in [2.24, 2.45) is 0 Å². The predicted molar refractivity (Wildman–Crippen MR) is 111 cm³/mol. The molecule has 1 amide bonds. The smallest absolute Gasteiger partial charge is 0.253 e. The van der Waals surface area contributed by atoms with Crippen molar-refractivity contribution >= 4 is 17.2 Å². The summed E-state index contributed by atoms with van der Waals surface area (Å²) in [5, 5.41) is 1.95. The van der Waals surface area contributed by atoms with Gasteiger partial charge in [0.15, 0.2) is 0 Å². The first-order valence-electron chi connectivity index (χ1n) is 9.08. The van der Waals surface area contributed by atoms with Gasteiger partial charge in [0, 0.05) is 18.0 Å². The van der Waals surface area contributed by atoms with Gasteiger partial charge in [-0.1, -0.05) is 6.07 Å². The molecular weight excluding hydrogens is 372 g/mol. The van der Waals surface area contributed by atoms with Gasteiger partial charge >= 0.3 is 0 Å². The third-order valence-corrected chi connectivity index (χ3v) is 4.84. The molecule has 5 nitrogen and oxygen atoms in total. The van der Waals surface area contributed by atoms with Crippen LogP contribution < -0.4 is 9.47 Å². The number of aryl methyl sites for hydroxylation is 2. The number of carbonyl (C=O) groups excluding carboxylic acids is 1. The summed E-state index contributed by atoms with van der Waals surface area (Å²) in [6.45, 7) is 5.46. The fraction of sp³-hybridized carbons (Fsp3) is 0.273. The molecule has 28 heavy (non-hydrogen) atoms. The van der Waals surface area contributed by atoms with E-state index >= 15 is 0 Å². The number of ether oxygens (including phenoxy) is 2. The first kappa shape index (κ1) is 19.9. The molecule has 0 N–H and O–H groups in total. The average Bonchev–Trinajstić information content (AvgIpc) is 3.19. The van der Waals surface area contributed by atoms with E-state index in [4.69, 9.17) is 9.47 Å². The van der Waals surface area contributed by atoms with Gasteiger partial charge in [0.25, 0.3) is 5.91 Å². The minimum atomic E-state index is -0.0462. The number of hydrogen-bond donors (Lipinski definition) is 0. The standard InChI is InChI=1S/C22H24N2O3S/c1-16-10-17(2)12-21(11-16)26-9-8-24(3)22(25)18-4-6-20(7-5-18)27-13-19-14-28-15-23-19/h4-7,10-12,14-15H,8-9,13H2,1-3H3. The van der Waals surface area contributed by atoms with E-state index in [2.05, 4.69) is 11.1 Å². The molecule has 146 valence electrons. The summed E-state index contributed by atoms with van der Waals surface area (Å²) >= 11 is 1.54. The van der Waals surface area contributed by atoms with Crippen LogP contribution in [0.1, 0.15) is 27.2 Å². The molecule has 1 aromatic heterocycles. The largest absolute Gasteiger partial charge is 0.492 e. The summed E-state index contributed by atoms with van der Waals surface area (Å²) in [7, 11) is 1.78. The highest BCUT2D eigenvalue weighted by atomic mass is 32.1. The van der Waals surface area contributed by atoms with Gasteiger partial charge in [0.1, 0.15) is 24.7 Å². The Morgan fingerprint density at radius 3 is 2.39 bits per heavy atom. The lowest BCUT2D eigenvalue weighted by molar-refractivity contribution is 0.0773. The van der Waals surface area contributed by atoms with E-state index in [1.165, 1.54) is 11.3 Å². The van der Waals surface area contributed by atoms with Gasteiger partial charge in [-0.3, -0.25) is 4.79 Å². The normalized spacial score (nSPS) is 10.5. The Morgan fingerprint density at radius 1 is 1.04 bits per heavy atom. The van der Waals surface area contributed by atoms with Crippen molar-refractivity contribution < 1.29 is 14.3 Å². The number of nitrogens with zero attached hydrogens (tertiary/aromatic N) is 2. The molecule has 0 saturated carbocycles. The summed E-state index contributed by atoms with van der Waals surface area (Å²) in [6, 6.07) is 13.3. The molecule has 0 atom stereocenters. The molecule has 0 aliphatic heterocycles. The SMILES string of the molecule is Cc1cc(C)cc(OCCN(C)C(=O)c2ccc(OCc3cscn3)cc2)c1. The van der Waals surface area contributed by atoms with E-state index < -0.39 is 0 Å². The molecular formula is C22H24N2O3S. The van der Waals surface area contributed by atoms with Crippen molar-refractivity contribution in [1.29, 1.82) is 0 Å². The Bertz CT molecular complexity index is 888. The van der Waals surface area contributed by atoms with Crippen molar-refractivity contribution in [2.45, 2.75) is 20.5 Å². The minimum absolute atomic E-state index is 0.0462. The van der Waals surface area contributed by atoms with Gasteiger partial charge in [0.2, 0.25) is 0 Å². The molecule has 1 heterocycles. The lowest BCUT2D eigenvalue weighted by Crippen LogP contribution is -2.30. The van der Waals surface area contributed by atoms with Crippen molar-refractivity contribution in [3.05, 3.63) is 75.7 Å². The monoisotopic (exact) mass is 396 g/mol. The van der Waals surface area contributed by atoms with Gasteiger partial charge in [-0.25, -0.2) is 4.98 Å². The van der Waals surface area contributed by atoms with Gasteiger partial charge in [-0.05, 0) is 61.4 Å². The van der Waals surface area contributed by atoms with Crippen LogP contribution in [0.15, 0.2) is 53.4 Å². The van der Waals surface area contributed by atoms with Crippen LogP contribution in [0.25, 0.3) is 0 Å². The van der Waals surface area contributed by atoms with Crippen LogP contribution in [0.3, 0.4) is 0 Å². The maximum atomic E-state index is 12.6. The molecule has 0 saturated heterocycles. The summed E-state index contributed by atoms with van der Waals surface area (Å²) in [5.41, 5.74) is 5.62. The number of rotatable bonds is 8. The average molecular weight is 397 g/mol. The maximum absolute atomic E-state index is 12.6. The Hall–Kier alpha value is -2.86. The number of carbonyl (C=O) groups is 1. The molecule has 0 spiro atoms. The van der Waals surface area contributed by atoms with Gasteiger partial charge in [-0.15, -0.1) is 11.3 Å². The molecule has 0 unspecified atom stereocenters. The highest BCUT2D eigenvalue weighted by Crippen LogP contribution is 2.17. The van der Waals surface area contributed by atoms with Crippen LogP contribution in [-0.2, 0) is 6.61 Å². The van der Waals surface area contributed by atoms with Crippen molar-refractivity contribution in [1.82, 2.24) is 9.88 Å². The van der Waals surface area contributed by atoms with Crippen molar-refractivity contribution in [3.63, 3.8) is 0 Å². The molecule has 0 aliphatic rings. The Balaban J connectivity index is 1.48. The third-order valence-electron chi connectivity index (χ3n) is 4.21. The molecule has 0 aliphatic carbocycles. The number of benzene rings is 2. The number of thiazole rings is 1. The van der Waals surface area contributed by atoms with Crippen LogP contribution in [-0.4, -0.2) is 36.0 Å². The van der Waals surface area contributed by atoms with Gasteiger partial charge in [-0.2, -0.15) is 0 Å². The van der Waals surface area contributed by atoms with Crippen LogP contribution in [0.2, 0.25) is 0 Å². The molecule has 3 rings (SSSR count). The fourth-order valence-corrected chi connectivity index (χ4v) is 3.34. The maximum Gasteiger partial charge on any atom is 0.253 e. The summed E-state index contributed by atoms with van der Waals surface area (Å²) in [5.74, 6) is 1.50. The van der Waals surface area contributed by atoms with Crippen molar-refractivity contribution in [3.8, 4) is 11.5 Å². The zero-order chi connectivity index (χ0) is 19.9. The van der Waals surface area contributed by atoms with E-state index in [9.17, 15) is 4.79 Å². The second-order valence-corrected chi connectivity index (χ2v) is 7.41. The first-order chi connectivity index (χ1) is 13.5. The number of amides is 1. The number of likely N-dealkylation sites (N-methyl/N-ethyl adjacent to an activating group) is 1. The molecule has 0 radical (unpaired) electrons. The lowest BCUT2D eigenvalue weighted by atomic mass is 10.1. The lowest BCUT2D eigenvalue weighted by Gasteiger charge is -2.18. The highest BCUT2D eigenvalue weighted by Gasteiger charge is 2.12. The Kier molecular flexibility index (Phi) is 6.66. The zero-order valence-corrected chi connectivity index (χ0v) is 17.2. The second kappa shape index (κ2) is 9.37. The van der Waals surface area contributed by atoms with Crippen LogP contribution >= 0.6 is 11.3 Å². The summed E-state index contributed by atoms with van der Waals surface area (Å²) < 4.78 is 11.5. The summed E-state index contributed by atoms with van der Waals surface area (Å²) in [6.07, 6.45) is 0. The fourth-order valence-electron chi connectivity index (χ4n) is 2.80. The van der Waals surface area contributed by atoms with E-state index in [-0.39, 0.29) is 5.91 Å². The van der Waals surface area contributed by atoms with E-state index in [1.54, 1.807) is 41.7 Å². The number of hydrogen-bond acceptors (Lipinski definition) is 5. The quantitative estimate of drug-likeness (QED) is 0.563. The van der Waals surface area contributed by atoms with Crippen LogP contribution in [0, 0.1) is 13.8 Å². The van der Waals surface area contributed by atoms with Gasteiger partial charge in [0.05, 0.1) is 17.7 Å². The Labute approximate surface area is 169 Å². The highest BCUT2D eigenvalue weighted by molar-refractivity contribution is 7.07. The van der Waals surface area contributed by atoms with Gasteiger partial charge < -0.3 is 14.4 Å². The van der Waals surface area contributed by atoms with E-state index in [0.717, 1.165) is 22.6 Å². The molecule has 0 fully saturated rings. The minimum Gasteiger partial charge on any atom is -0.492 e. The van der Waals surface area contributed by atoms with E-state index in [1.807, 2.05) is 31.4 Å². The third kappa shape index (κ3) is 5.57. The Morgan fingerprint density at radius 2 is 1.75 bits per heavy atom. The van der Waals surface area contributed by atoms with Crippen molar-refractivity contribution in [2.75, 3.05) is 20.2 Å². The topological polar surface area (TPSA) is 51.7 Å². The number of aromatic nitrogens is 1. The molecule has 0 bridgehead atoms. The molecule has 2 aromatic carbocycles. The second-order valence-electron chi connectivity index (χ2n) is 6.69. The van der Waals surface area contributed by atoms with Crippen LogP contribution in [0.5, 0.6) is 11.5 Å². The first-order valence-corrected chi connectivity index (χ1v) is 10.0. The molecule has 3 aromatic rings. The summed E-state index contributed by atoms with van der Waals surface area (Å²) in [4.78, 5) is 18.4.